The summed E-state index contributed by atoms with van der Waals surface area (Å²) in [5, 5.41) is 3.46. The number of ether oxygens (including phenoxy) is 1. The number of hydrogen-bond donors (Lipinski definition) is 1. The van der Waals surface area contributed by atoms with Gasteiger partial charge in [0, 0.05) is 18.7 Å². The van der Waals surface area contributed by atoms with Gasteiger partial charge in [0.05, 0.1) is 7.11 Å². The minimum atomic E-state index is 0.589. The van der Waals surface area contributed by atoms with Crippen molar-refractivity contribution in [3.63, 3.8) is 0 Å². The summed E-state index contributed by atoms with van der Waals surface area (Å²) in [6, 6.07) is 16.9. The first-order chi connectivity index (χ1) is 9.70. The van der Waals surface area contributed by atoms with E-state index in [1.165, 1.54) is 16.7 Å². The highest BCUT2D eigenvalue weighted by Crippen LogP contribution is 2.17. The van der Waals surface area contributed by atoms with Crippen LogP contribution in [-0.4, -0.2) is 7.11 Å². The average molecular weight is 269 g/mol. The number of rotatable bonds is 6. The van der Waals surface area contributed by atoms with E-state index >= 15 is 0 Å². The third-order valence-corrected chi connectivity index (χ3v) is 3.48. The number of benzene rings is 2. The monoisotopic (exact) mass is 269 g/mol. The van der Waals surface area contributed by atoms with Gasteiger partial charge < -0.3 is 10.1 Å². The van der Waals surface area contributed by atoms with Crippen molar-refractivity contribution in [3.05, 3.63) is 65.2 Å². The molecule has 2 heteroatoms. The van der Waals surface area contributed by atoms with Crippen LogP contribution in [-0.2, 0) is 13.1 Å². The SMILES string of the molecule is COc1ccccc1CNCc1ccc(C(C)C)cc1. The fourth-order valence-electron chi connectivity index (χ4n) is 2.21. The molecule has 0 heterocycles. The van der Waals surface area contributed by atoms with Crippen LogP contribution in [0.2, 0.25) is 0 Å². The zero-order valence-corrected chi connectivity index (χ0v) is 12.5. The van der Waals surface area contributed by atoms with Crippen LogP contribution in [0.5, 0.6) is 5.75 Å². The molecular formula is C18H23NO. The first-order valence-electron chi connectivity index (χ1n) is 7.12. The van der Waals surface area contributed by atoms with Crippen LogP contribution in [0.1, 0.15) is 36.5 Å². The average Bonchev–Trinajstić information content (AvgIpc) is 2.48. The summed E-state index contributed by atoms with van der Waals surface area (Å²) >= 11 is 0. The van der Waals surface area contributed by atoms with Gasteiger partial charge in [-0.15, -0.1) is 0 Å². The lowest BCUT2D eigenvalue weighted by Gasteiger charge is -2.10. The molecule has 2 rings (SSSR count). The minimum Gasteiger partial charge on any atom is -0.496 e. The maximum atomic E-state index is 5.35. The Labute approximate surface area is 121 Å². The van der Waals surface area contributed by atoms with Crippen LogP contribution < -0.4 is 10.1 Å². The Balaban J connectivity index is 1.89. The van der Waals surface area contributed by atoms with Crippen LogP contribution >= 0.6 is 0 Å². The van der Waals surface area contributed by atoms with E-state index in [-0.39, 0.29) is 0 Å². The van der Waals surface area contributed by atoms with Crippen molar-refractivity contribution in [2.24, 2.45) is 0 Å². The molecule has 0 aromatic heterocycles. The van der Waals surface area contributed by atoms with Crippen molar-refractivity contribution in [3.8, 4) is 5.75 Å². The Morgan fingerprint density at radius 3 is 2.30 bits per heavy atom. The fourth-order valence-corrected chi connectivity index (χ4v) is 2.21. The van der Waals surface area contributed by atoms with E-state index < -0.39 is 0 Å². The predicted octanol–water partition coefficient (Wildman–Crippen LogP) is 4.11. The van der Waals surface area contributed by atoms with Crippen molar-refractivity contribution in [2.75, 3.05) is 7.11 Å². The van der Waals surface area contributed by atoms with Gasteiger partial charge in [0.25, 0.3) is 0 Å². The molecule has 0 saturated carbocycles. The molecule has 0 atom stereocenters. The van der Waals surface area contributed by atoms with Gasteiger partial charge >= 0.3 is 0 Å². The van der Waals surface area contributed by atoms with Gasteiger partial charge in [-0.2, -0.15) is 0 Å². The first kappa shape index (κ1) is 14.6. The van der Waals surface area contributed by atoms with Crippen LogP contribution in [0.3, 0.4) is 0 Å². The molecule has 0 aliphatic heterocycles. The van der Waals surface area contributed by atoms with Crippen molar-refractivity contribution in [2.45, 2.75) is 32.9 Å². The van der Waals surface area contributed by atoms with Crippen LogP contribution in [0.25, 0.3) is 0 Å². The van der Waals surface area contributed by atoms with Crippen molar-refractivity contribution in [1.29, 1.82) is 0 Å². The Morgan fingerprint density at radius 2 is 1.65 bits per heavy atom. The summed E-state index contributed by atoms with van der Waals surface area (Å²) in [7, 11) is 1.71. The zero-order chi connectivity index (χ0) is 14.4. The maximum absolute atomic E-state index is 5.35. The number of hydrogen-bond acceptors (Lipinski definition) is 2. The summed E-state index contributed by atoms with van der Waals surface area (Å²) in [6.07, 6.45) is 0. The molecule has 0 aliphatic rings. The Morgan fingerprint density at radius 1 is 0.950 bits per heavy atom. The smallest absolute Gasteiger partial charge is 0.123 e. The third-order valence-electron chi connectivity index (χ3n) is 3.48. The number of para-hydroxylation sites is 1. The molecule has 0 bridgehead atoms. The molecule has 2 nitrogen and oxygen atoms in total. The lowest BCUT2D eigenvalue weighted by molar-refractivity contribution is 0.407. The molecule has 0 aliphatic carbocycles. The van der Waals surface area contributed by atoms with Crippen LogP contribution in [0.4, 0.5) is 0 Å². The lowest BCUT2D eigenvalue weighted by atomic mass is 10.0. The topological polar surface area (TPSA) is 21.3 Å². The summed E-state index contributed by atoms with van der Waals surface area (Å²) in [5.74, 6) is 1.53. The Hall–Kier alpha value is -1.80. The van der Waals surface area contributed by atoms with E-state index in [1.54, 1.807) is 7.11 Å². The second-order valence-corrected chi connectivity index (χ2v) is 5.31. The van der Waals surface area contributed by atoms with Gasteiger partial charge in [0.2, 0.25) is 0 Å². The molecule has 0 amide bonds. The highest BCUT2D eigenvalue weighted by molar-refractivity contribution is 5.33. The highest BCUT2D eigenvalue weighted by atomic mass is 16.5. The summed E-state index contributed by atoms with van der Waals surface area (Å²) < 4.78 is 5.35. The van der Waals surface area contributed by atoms with E-state index in [1.807, 2.05) is 18.2 Å². The van der Waals surface area contributed by atoms with Gasteiger partial charge in [0.15, 0.2) is 0 Å². The minimum absolute atomic E-state index is 0.589. The fraction of sp³-hybridized carbons (Fsp3) is 0.333. The molecular weight excluding hydrogens is 246 g/mol. The van der Waals surface area contributed by atoms with Crippen LogP contribution in [0.15, 0.2) is 48.5 Å². The molecule has 0 fully saturated rings. The highest BCUT2D eigenvalue weighted by Gasteiger charge is 2.02. The molecule has 106 valence electrons. The first-order valence-corrected chi connectivity index (χ1v) is 7.12. The molecule has 1 N–H and O–H groups in total. The molecule has 2 aromatic carbocycles. The summed E-state index contributed by atoms with van der Waals surface area (Å²) in [6.45, 7) is 6.12. The molecule has 20 heavy (non-hydrogen) atoms. The van der Waals surface area contributed by atoms with E-state index in [0.29, 0.717) is 5.92 Å². The predicted molar refractivity (Wildman–Crippen MR) is 84.1 cm³/mol. The molecule has 0 radical (unpaired) electrons. The van der Waals surface area contributed by atoms with Gasteiger partial charge in [0.1, 0.15) is 5.75 Å². The van der Waals surface area contributed by atoms with E-state index in [0.717, 1.165) is 18.8 Å². The molecule has 0 saturated heterocycles. The van der Waals surface area contributed by atoms with Crippen LogP contribution in [0, 0.1) is 0 Å². The standard InChI is InChI=1S/C18H23NO/c1-14(2)16-10-8-15(9-11-16)12-19-13-17-6-4-5-7-18(17)20-3/h4-11,14,19H,12-13H2,1-3H3. The van der Waals surface area contributed by atoms with Gasteiger partial charge in [-0.25, -0.2) is 0 Å². The molecule has 2 aromatic rings. The zero-order valence-electron chi connectivity index (χ0n) is 12.5. The molecule has 0 unspecified atom stereocenters. The lowest BCUT2D eigenvalue weighted by Crippen LogP contribution is -2.13. The molecule has 0 spiro atoms. The maximum Gasteiger partial charge on any atom is 0.123 e. The van der Waals surface area contributed by atoms with E-state index in [4.69, 9.17) is 4.74 Å². The number of nitrogens with one attached hydrogen (secondary N) is 1. The second-order valence-electron chi connectivity index (χ2n) is 5.31. The quantitative estimate of drug-likeness (QED) is 0.852. The van der Waals surface area contributed by atoms with Crippen molar-refractivity contribution >= 4 is 0 Å². The van der Waals surface area contributed by atoms with Crippen molar-refractivity contribution < 1.29 is 4.74 Å². The largest absolute Gasteiger partial charge is 0.496 e. The summed E-state index contributed by atoms with van der Waals surface area (Å²) in [4.78, 5) is 0. The van der Waals surface area contributed by atoms with E-state index in [2.05, 4.69) is 49.5 Å². The normalized spacial score (nSPS) is 10.8. The van der Waals surface area contributed by atoms with Gasteiger partial charge in [-0.3, -0.25) is 0 Å². The number of methoxy groups -OCH3 is 1. The van der Waals surface area contributed by atoms with Gasteiger partial charge in [-0.1, -0.05) is 56.3 Å². The van der Waals surface area contributed by atoms with Crippen molar-refractivity contribution in [1.82, 2.24) is 5.32 Å². The Kier molecular flexibility index (Phi) is 5.19. The van der Waals surface area contributed by atoms with E-state index in [9.17, 15) is 0 Å². The Bertz CT molecular complexity index is 531. The second kappa shape index (κ2) is 7.11. The summed E-state index contributed by atoms with van der Waals surface area (Å²) in [5.41, 5.74) is 3.89. The third kappa shape index (κ3) is 3.84. The van der Waals surface area contributed by atoms with Gasteiger partial charge in [-0.05, 0) is 23.1 Å².